The van der Waals surface area contributed by atoms with E-state index in [0.29, 0.717) is 35.5 Å². The summed E-state index contributed by atoms with van der Waals surface area (Å²) in [6, 6.07) is 12.7. The average molecular weight is 487 g/mol. The van der Waals surface area contributed by atoms with Crippen molar-refractivity contribution in [2.75, 3.05) is 36.5 Å². The van der Waals surface area contributed by atoms with Crippen molar-refractivity contribution in [3.8, 4) is 10.6 Å². The molecule has 1 N–H and O–H groups in total. The number of ether oxygens (including phenoxy) is 1. The maximum atomic E-state index is 13.0. The fraction of sp³-hybridized carbons (Fsp3) is 0.348. The normalized spacial score (nSPS) is 19.2. The summed E-state index contributed by atoms with van der Waals surface area (Å²) in [5.41, 5.74) is 2.29. The summed E-state index contributed by atoms with van der Waals surface area (Å²) in [4.78, 5) is 29.8. The van der Waals surface area contributed by atoms with Crippen LogP contribution in [0.3, 0.4) is 0 Å². The van der Waals surface area contributed by atoms with Crippen LogP contribution in [0.2, 0.25) is 4.34 Å². The Morgan fingerprint density at radius 1 is 1.21 bits per heavy atom. The van der Waals surface area contributed by atoms with E-state index in [2.05, 4.69) is 15.4 Å². The first-order valence-electron chi connectivity index (χ1n) is 10.8. The molecule has 1 aromatic carbocycles. The molecule has 0 aliphatic carbocycles. The summed E-state index contributed by atoms with van der Waals surface area (Å²) in [6.45, 7) is 2.52. The molecule has 2 aromatic heterocycles. The molecule has 2 aliphatic rings. The predicted molar refractivity (Wildman–Crippen MR) is 127 cm³/mol. The minimum atomic E-state index is -0.234. The molecule has 0 unspecified atom stereocenters. The number of carbonyl (C=O) groups is 2. The lowest BCUT2D eigenvalue weighted by Gasteiger charge is -2.27. The number of nitrogens with one attached hydrogen (secondary N) is 1. The highest BCUT2D eigenvalue weighted by Crippen LogP contribution is 2.32. The van der Waals surface area contributed by atoms with E-state index in [-0.39, 0.29) is 24.5 Å². The Labute approximate surface area is 200 Å². The molecule has 4 heterocycles. The summed E-state index contributed by atoms with van der Waals surface area (Å²) in [6.07, 6.45) is 1.73. The lowest BCUT2D eigenvalue weighted by molar-refractivity contribution is -0.125. The molecule has 0 spiro atoms. The summed E-state index contributed by atoms with van der Waals surface area (Å²) in [5, 5.41) is 7.19. The van der Waals surface area contributed by atoms with Crippen molar-refractivity contribution < 1.29 is 18.8 Å². The second-order valence-corrected chi connectivity index (χ2v) is 9.76. The van der Waals surface area contributed by atoms with Gasteiger partial charge in [0, 0.05) is 30.5 Å². The maximum absolute atomic E-state index is 13.0. The Kier molecular flexibility index (Phi) is 6.45. The minimum absolute atomic E-state index is 0.0449. The molecule has 1 atom stereocenters. The van der Waals surface area contributed by atoms with Gasteiger partial charge in [-0.25, -0.2) is 0 Å². The van der Waals surface area contributed by atoms with E-state index in [9.17, 15) is 9.59 Å². The first-order valence-corrected chi connectivity index (χ1v) is 12.0. The molecule has 2 amide bonds. The van der Waals surface area contributed by atoms with Gasteiger partial charge in [0.2, 0.25) is 5.91 Å². The molecule has 0 bridgehead atoms. The zero-order valence-electron chi connectivity index (χ0n) is 17.8. The number of hydrogen-bond acceptors (Lipinski definition) is 7. The number of morpholine rings is 1. The quantitative estimate of drug-likeness (QED) is 0.566. The zero-order chi connectivity index (χ0) is 22.8. The monoisotopic (exact) mass is 486 g/mol. The Morgan fingerprint density at radius 2 is 2.06 bits per heavy atom. The lowest BCUT2D eigenvalue weighted by Crippen LogP contribution is -2.41. The summed E-state index contributed by atoms with van der Waals surface area (Å²) >= 11 is 7.45. The number of thiophene rings is 1. The third-order valence-corrected chi connectivity index (χ3v) is 7.08. The average Bonchev–Trinajstić information content (AvgIpc) is 3.56. The van der Waals surface area contributed by atoms with Gasteiger partial charge in [0.25, 0.3) is 5.91 Å². The fourth-order valence-corrected chi connectivity index (χ4v) is 5.20. The number of aromatic nitrogens is 1. The number of halogens is 1. The zero-order valence-corrected chi connectivity index (χ0v) is 19.4. The van der Waals surface area contributed by atoms with Crippen molar-refractivity contribution in [3.63, 3.8) is 0 Å². The van der Waals surface area contributed by atoms with Gasteiger partial charge in [0.1, 0.15) is 6.61 Å². The van der Waals surface area contributed by atoms with Crippen LogP contribution < -0.4 is 10.2 Å². The van der Waals surface area contributed by atoms with Crippen LogP contribution in [0.4, 0.5) is 11.4 Å². The van der Waals surface area contributed by atoms with Crippen LogP contribution in [0.5, 0.6) is 0 Å². The van der Waals surface area contributed by atoms with Crippen LogP contribution in [0.15, 0.2) is 47.0 Å². The summed E-state index contributed by atoms with van der Waals surface area (Å²) in [7, 11) is 0. The topological polar surface area (TPSA) is 87.9 Å². The molecule has 3 aromatic rings. The number of nitrogens with zero attached hydrogens (tertiary/aromatic N) is 3. The van der Waals surface area contributed by atoms with Crippen molar-refractivity contribution >= 4 is 46.1 Å². The van der Waals surface area contributed by atoms with Gasteiger partial charge in [0.05, 0.1) is 27.6 Å². The SMILES string of the molecule is O=C(Nc1ccc(N2CCOCC2=O)cc1)[C@H]1CCCN1Cc1cc(-c2ccc(Cl)s2)on1. The molecule has 0 saturated carbocycles. The third kappa shape index (κ3) is 4.96. The number of likely N-dealkylation sites (tertiary alicyclic amines) is 1. The standard InChI is InChI=1S/C23H23ClN4O4S/c24-21-8-7-20(33-21)19-12-16(26-32-19)13-27-9-1-2-18(27)23(30)25-15-3-5-17(6-4-15)28-10-11-31-14-22(28)29/h3-8,12,18H,1-2,9-11,13-14H2,(H,25,30)/t18-/m1/s1. The third-order valence-electron chi connectivity index (χ3n) is 5.84. The first kappa shape index (κ1) is 22.1. The van der Waals surface area contributed by atoms with Gasteiger partial charge in [-0.05, 0) is 55.8 Å². The van der Waals surface area contributed by atoms with Gasteiger partial charge < -0.3 is 19.5 Å². The molecule has 2 saturated heterocycles. The van der Waals surface area contributed by atoms with Crippen molar-refractivity contribution in [3.05, 3.63) is 52.5 Å². The second-order valence-electron chi connectivity index (χ2n) is 8.05. The van der Waals surface area contributed by atoms with E-state index in [1.165, 1.54) is 11.3 Å². The van der Waals surface area contributed by atoms with Gasteiger partial charge in [-0.3, -0.25) is 14.5 Å². The van der Waals surface area contributed by atoms with Gasteiger partial charge in [0.15, 0.2) is 5.76 Å². The van der Waals surface area contributed by atoms with Gasteiger partial charge in [-0.2, -0.15) is 0 Å². The predicted octanol–water partition coefficient (Wildman–Crippen LogP) is 4.02. The fourth-order valence-electron chi connectivity index (χ4n) is 4.21. The number of rotatable bonds is 6. The molecular formula is C23H23ClN4O4S. The highest BCUT2D eigenvalue weighted by molar-refractivity contribution is 7.19. The molecular weight excluding hydrogens is 464 g/mol. The van der Waals surface area contributed by atoms with Crippen LogP contribution in [-0.2, 0) is 20.9 Å². The maximum Gasteiger partial charge on any atom is 0.253 e. The number of anilines is 2. The van der Waals surface area contributed by atoms with E-state index in [1.54, 1.807) is 4.90 Å². The second kappa shape index (κ2) is 9.64. The van der Waals surface area contributed by atoms with Crippen LogP contribution in [0.1, 0.15) is 18.5 Å². The molecule has 2 aliphatic heterocycles. The summed E-state index contributed by atoms with van der Waals surface area (Å²) < 4.78 is 11.3. The van der Waals surface area contributed by atoms with E-state index < -0.39 is 0 Å². The highest BCUT2D eigenvalue weighted by Gasteiger charge is 2.31. The Hall–Kier alpha value is -2.72. The van der Waals surface area contributed by atoms with Crippen molar-refractivity contribution in [2.24, 2.45) is 0 Å². The van der Waals surface area contributed by atoms with Gasteiger partial charge in [-0.1, -0.05) is 16.8 Å². The molecule has 33 heavy (non-hydrogen) atoms. The van der Waals surface area contributed by atoms with E-state index >= 15 is 0 Å². The number of benzene rings is 1. The van der Waals surface area contributed by atoms with E-state index in [4.69, 9.17) is 20.9 Å². The highest BCUT2D eigenvalue weighted by atomic mass is 35.5. The van der Waals surface area contributed by atoms with Crippen molar-refractivity contribution in [1.29, 1.82) is 0 Å². The number of amides is 2. The van der Waals surface area contributed by atoms with Crippen molar-refractivity contribution in [1.82, 2.24) is 10.1 Å². The molecule has 10 heteroatoms. The van der Waals surface area contributed by atoms with Crippen LogP contribution in [0, 0.1) is 0 Å². The molecule has 2 fully saturated rings. The number of carbonyl (C=O) groups excluding carboxylic acids is 2. The Morgan fingerprint density at radius 3 is 2.82 bits per heavy atom. The molecule has 8 nitrogen and oxygen atoms in total. The molecule has 5 rings (SSSR count). The van der Waals surface area contributed by atoms with E-state index in [1.807, 2.05) is 42.5 Å². The van der Waals surface area contributed by atoms with Crippen LogP contribution in [-0.4, -0.2) is 54.2 Å². The van der Waals surface area contributed by atoms with Crippen molar-refractivity contribution in [2.45, 2.75) is 25.4 Å². The lowest BCUT2D eigenvalue weighted by atomic mass is 10.2. The van der Waals surface area contributed by atoms with Gasteiger partial charge >= 0.3 is 0 Å². The van der Waals surface area contributed by atoms with Crippen LogP contribution in [0.25, 0.3) is 10.6 Å². The van der Waals surface area contributed by atoms with Crippen LogP contribution >= 0.6 is 22.9 Å². The molecule has 0 radical (unpaired) electrons. The summed E-state index contributed by atoms with van der Waals surface area (Å²) in [5.74, 6) is 0.579. The smallest absolute Gasteiger partial charge is 0.253 e. The Balaban J connectivity index is 1.20. The van der Waals surface area contributed by atoms with E-state index in [0.717, 1.165) is 35.6 Å². The largest absolute Gasteiger partial charge is 0.370 e. The molecule has 172 valence electrons. The first-order chi connectivity index (χ1) is 16.1. The Bertz CT molecular complexity index is 1150. The number of hydrogen-bond donors (Lipinski definition) is 1. The minimum Gasteiger partial charge on any atom is -0.370 e. The van der Waals surface area contributed by atoms with Gasteiger partial charge in [-0.15, -0.1) is 11.3 Å².